The van der Waals surface area contributed by atoms with Crippen LogP contribution in [-0.4, -0.2) is 37.2 Å². The molecule has 2 rings (SSSR count). The lowest BCUT2D eigenvalue weighted by Gasteiger charge is -2.15. The van der Waals surface area contributed by atoms with Gasteiger partial charge in [0.05, 0.1) is 12.2 Å². The lowest BCUT2D eigenvalue weighted by molar-refractivity contribution is -0.139. The van der Waals surface area contributed by atoms with E-state index in [0.29, 0.717) is 12.3 Å². The van der Waals surface area contributed by atoms with Crippen LogP contribution in [0.5, 0.6) is 5.75 Å². The normalized spacial score (nSPS) is 17.1. The van der Waals surface area contributed by atoms with Gasteiger partial charge in [0, 0.05) is 25.3 Å². The van der Waals surface area contributed by atoms with E-state index in [1.54, 1.807) is 0 Å². The topological polar surface area (TPSA) is 76.7 Å². The molecule has 1 atom stereocenters. The van der Waals surface area contributed by atoms with Crippen LogP contribution in [0.2, 0.25) is 0 Å². The van der Waals surface area contributed by atoms with E-state index in [4.69, 9.17) is 9.47 Å². The minimum Gasteiger partial charge on any atom is -0.491 e. The van der Waals surface area contributed by atoms with E-state index >= 15 is 0 Å². The second-order valence-corrected chi connectivity index (χ2v) is 5.80. The molecule has 0 aromatic heterocycles. The van der Waals surface area contributed by atoms with Crippen molar-refractivity contribution in [2.45, 2.75) is 45.4 Å². The molecule has 0 radical (unpaired) electrons. The minimum absolute atomic E-state index is 0.0203. The van der Waals surface area contributed by atoms with E-state index < -0.39 is 11.8 Å². The molecule has 1 heterocycles. The van der Waals surface area contributed by atoms with E-state index in [9.17, 15) is 9.59 Å². The van der Waals surface area contributed by atoms with Crippen molar-refractivity contribution in [3.8, 4) is 5.75 Å². The summed E-state index contributed by atoms with van der Waals surface area (Å²) in [7, 11) is 0. The lowest BCUT2D eigenvalue weighted by atomic mass is 10.2. The molecule has 0 aliphatic carbocycles. The molecule has 1 aromatic carbocycles. The highest BCUT2D eigenvalue weighted by atomic mass is 16.5. The number of ether oxygens (including phenoxy) is 2. The Bertz CT molecular complexity index is 539. The molecule has 2 amide bonds. The molecule has 1 aromatic rings. The molecule has 6 nitrogen and oxygen atoms in total. The lowest BCUT2D eigenvalue weighted by Crippen LogP contribution is -2.42. The van der Waals surface area contributed by atoms with Gasteiger partial charge in [-0.2, -0.15) is 0 Å². The third-order valence-corrected chi connectivity index (χ3v) is 3.50. The summed E-state index contributed by atoms with van der Waals surface area (Å²) in [6.07, 6.45) is 1.98. The average Bonchev–Trinajstić information content (AvgIpc) is 3.04. The average molecular weight is 320 g/mol. The highest BCUT2D eigenvalue weighted by molar-refractivity contribution is 6.35. The number of hydrogen-bond acceptors (Lipinski definition) is 4. The minimum atomic E-state index is -0.651. The number of benzene rings is 1. The van der Waals surface area contributed by atoms with Crippen molar-refractivity contribution in [2.24, 2.45) is 0 Å². The standard InChI is InChI=1S/C17H24N2O4/c1-12(2)23-15-8-4-3-6-13(15)10-18-16(20)17(21)19-11-14-7-5-9-22-14/h3-4,6,8,12,14H,5,7,9-11H2,1-2H3,(H,18,20)(H,19,21)/t14-/m0/s1. The summed E-state index contributed by atoms with van der Waals surface area (Å²) in [6.45, 7) is 5.22. The van der Waals surface area contributed by atoms with Crippen molar-refractivity contribution in [1.29, 1.82) is 0 Å². The number of hydrogen-bond donors (Lipinski definition) is 2. The summed E-state index contributed by atoms with van der Waals surface area (Å²) in [5.74, 6) is -0.576. The van der Waals surface area contributed by atoms with Crippen LogP contribution >= 0.6 is 0 Å². The molecule has 2 N–H and O–H groups in total. The van der Waals surface area contributed by atoms with E-state index in [1.165, 1.54) is 0 Å². The van der Waals surface area contributed by atoms with Crippen LogP contribution in [0.4, 0.5) is 0 Å². The summed E-state index contributed by atoms with van der Waals surface area (Å²) in [5, 5.41) is 5.22. The SMILES string of the molecule is CC(C)Oc1ccccc1CNC(=O)C(=O)NC[C@@H]1CCCO1. The van der Waals surface area contributed by atoms with E-state index in [-0.39, 0.29) is 18.8 Å². The Labute approximate surface area is 136 Å². The van der Waals surface area contributed by atoms with Crippen LogP contribution in [0.3, 0.4) is 0 Å². The first-order chi connectivity index (χ1) is 11.1. The number of para-hydroxylation sites is 1. The van der Waals surface area contributed by atoms with Gasteiger partial charge in [0.25, 0.3) is 0 Å². The van der Waals surface area contributed by atoms with Gasteiger partial charge in [0.1, 0.15) is 5.75 Å². The quantitative estimate of drug-likeness (QED) is 0.777. The molecule has 23 heavy (non-hydrogen) atoms. The second-order valence-electron chi connectivity index (χ2n) is 5.80. The molecule has 1 fully saturated rings. The van der Waals surface area contributed by atoms with Crippen LogP contribution in [0.25, 0.3) is 0 Å². The molecule has 1 saturated heterocycles. The Balaban J connectivity index is 1.80. The third-order valence-electron chi connectivity index (χ3n) is 3.50. The second kappa shape index (κ2) is 8.53. The first kappa shape index (κ1) is 17.3. The molecule has 0 saturated carbocycles. The summed E-state index contributed by atoms with van der Waals surface area (Å²) in [4.78, 5) is 23.6. The van der Waals surface area contributed by atoms with Gasteiger partial charge in [-0.1, -0.05) is 18.2 Å². The van der Waals surface area contributed by atoms with Gasteiger partial charge in [-0.3, -0.25) is 9.59 Å². The first-order valence-electron chi connectivity index (χ1n) is 7.98. The fourth-order valence-electron chi connectivity index (χ4n) is 2.37. The highest BCUT2D eigenvalue weighted by Crippen LogP contribution is 2.19. The van der Waals surface area contributed by atoms with Crippen LogP contribution in [-0.2, 0) is 20.9 Å². The van der Waals surface area contributed by atoms with Crippen molar-refractivity contribution in [3.05, 3.63) is 29.8 Å². The van der Waals surface area contributed by atoms with Crippen LogP contribution < -0.4 is 15.4 Å². The molecule has 1 aliphatic heterocycles. The number of nitrogens with one attached hydrogen (secondary N) is 2. The zero-order chi connectivity index (χ0) is 16.7. The van der Waals surface area contributed by atoms with Crippen LogP contribution in [0.1, 0.15) is 32.3 Å². The Morgan fingerprint density at radius 1 is 1.26 bits per heavy atom. The molecule has 6 heteroatoms. The number of carbonyl (C=O) groups is 2. The van der Waals surface area contributed by atoms with Gasteiger partial charge in [-0.25, -0.2) is 0 Å². The molecule has 0 bridgehead atoms. The van der Waals surface area contributed by atoms with Crippen molar-refractivity contribution in [1.82, 2.24) is 10.6 Å². The largest absolute Gasteiger partial charge is 0.491 e. The van der Waals surface area contributed by atoms with Gasteiger partial charge in [0.2, 0.25) is 0 Å². The van der Waals surface area contributed by atoms with Crippen LogP contribution in [0.15, 0.2) is 24.3 Å². The summed E-state index contributed by atoms with van der Waals surface area (Å²) >= 11 is 0. The Morgan fingerprint density at radius 3 is 2.70 bits per heavy atom. The Hall–Kier alpha value is -2.08. The number of rotatable bonds is 6. The van der Waals surface area contributed by atoms with E-state index in [0.717, 1.165) is 25.0 Å². The van der Waals surface area contributed by atoms with Gasteiger partial charge in [0.15, 0.2) is 0 Å². The van der Waals surface area contributed by atoms with Gasteiger partial charge in [-0.15, -0.1) is 0 Å². The molecular weight excluding hydrogens is 296 g/mol. The first-order valence-corrected chi connectivity index (χ1v) is 7.98. The van der Waals surface area contributed by atoms with Crippen molar-refractivity contribution in [3.63, 3.8) is 0 Å². The fraction of sp³-hybridized carbons (Fsp3) is 0.529. The predicted octanol–water partition coefficient (Wildman–Crippen LogP) is 1.39. The Kier molecular flexibility index (Phi) is 6.40. The molecule has 0 unspecified atom stereocenters. The Morgan fingerprint density at radius 2 is 2.00 bits per heavy atom. The molecular formula is C17H24N2O4. The summed E-state index contributed by atoms with van der Waals surface area (Å²) < 4.78 is 11.1. The zero-order valence-electron chi connectivity index (χ0n) is 13.6. The maximum atomic E-state index is 11.8. The van der Waals surface area contributed by atoms with Crippen molar-refractivity contribution < 1.29 is 19.1 Å². The van der Waals surface area contributed by atoms with Gasteiger partial charge < -0.3 is 20.1 Å². The molecule has 126 valence electrons. The fourth-order valence-corrected chi connectivity index (χ4v) is 2.37. The number of amides is 2. The maximum absolute atomic E-state index is 11.8. The summed E-state index contributed by atoms with van der Waals surface area (Å²) in [5.41, 5.74) is 0.835. The predicted molar refractivity (Wildman–Crippen MR) is 86.0 cm³/mol. The summed E-state index contributed by atoms with van der Waals surface area (Å²) in [6, 6.07) is 7.45. The zero-order valence-corrected chi connectivity index (χ0v) is 13.6. The van der Waals surface area contributed by atoms with Gasteiger partial charge >= 0.3 is 11.8 Å². The van der Waals surface area contributed by atoms with Gasteiger partial charge in [-0.05, 0) is 32.8 Å². The monoisotopic (exact) mass is 320 g/mol. The van der Waals surface area contributed by atoms with E-state index in [1.807, 2.05) is 38.1 Å². The van der Waals surface area contributed by atoms with Crippen molar-refractivity contribution >= 4 is 11.8 Å². The van der Waals surface area contributed by atoms with Crippen LogP contribution in [0, 0.1) is 0 Å². The third kappa shape index (κ3) is 5.56. The molecule has 1 aliphatic rings. The number of carbonyl (C=O) groups excluding carboxylic acids is 2. The smallest absolute Gasteiger partial charge is 0.309 e. The van der Waals surface area contributed by atoms with E-state index in [2.05, 4.69) is 10.6 Å². The maximum Gasteiger partial charge on any atom is 0.309 e. The molecule has 0 spiro atoms. The highest BCUT2D eigenvalue weighted by Gasteiger charge is 2.19. The van der Waals surface area contributed by atoms with Crippen molar-refractivity contribution in [2.75, 3.05) is 13.2 Å².